The summed E-state index contributed by atoms with van der Waals surface area (Å²) in [6.07, 6.45) is 3.75. The zero-order valence-electron chi connectivity index (χ0n) is 14.0. The lowest BCUT2D eigenvalue weighted by molar-refractivity contribution is -0.138. The number of rotatable bonds is 2. The Hall–Kier alpha value is -1.88. The molecule has 0 bridgehead atoms. The second kappa shape index (κ2) is 6.55. The van der Waals surface area contributed by atoms with Crippen LogP contribution in [-0.2, 0) is 9.59 Å². The molecular weight excluding hydrogens is 302 g/mol. The van der Waals surface area contributed by atoms with Crippen molar-refractivity contribution in [2.24, 2.45) is 11.8 Å². The molecule has 1 aromatic rings. The fourth-order valence-corrected chi connectivity index (χ4v) is 4.48. The van der Waals surface area contributed by atoms with E-state index < -0.39 is 0 Å². The lowest BCUT2D eigenvalue weighted by atomic mass is 9.80. The topological polar surface area (TPSA) is 61.4 Å². The van der Waals surface area contributed by atoms with Crippen LogP contribution in [0.5, 0.6) is 0 Å². The summed E-state index contributed by atoms with van der Waals surface area (Å²) in [5.41, 5.74) is 2.09. The highest BCUT2D eigenvalue weighted by atomic mass is 16.2. The summed E-state index contributed by atoms with van der Waals surface area (Å²) >= 11 is 0. The lowest BCUT2D eigenvalue weighted by Crippen LogP contribution is -2.45. The van der Waals surface area contributed by atoms with Crippen LogP contribution in [0, 0.1) is 11.8 Å². The van der Waals surface area contributed by atoms with E-state index in [1.165, 1.54) is 0 Å². The summed E-state index contributed by atoms with van der Waals surface area (Å²) in [6, 6.07) is 8.00. The molecule has 2 fully saturated rings. The highest BCUT2D eigenvalue weighted by Crippen LogP contribution is 2.41. The van der Waals surface area contributed by atoms with Gasteiger partial charge in [-0.1, -0.05) is 18.2 Å². The minimum atomic E-state index is -0.0441. The Labute approximate surface area is 142 Å². The van der Waals surface area contributed by atoms with Crippen LogP contribution in [-0.4, -0.2) is 42.9 Å². The molecule has 2 amide bonds. The van der Waals surface area contributed by atoms with Crippen LogP contribution in [0.1, 0.15) is 37.2 Å². The number of anilines is 1. The first-order valence-electron chi connectivity index (χ1n) is 9.13. The maximum absolute atomic E-state index is 12.7. The Morgan fingerprint density at radius 2 is 1.75 bits per heavy atom. The van der Waals surface area contributed by atoms with Gasteiger partial charge in [-0.05, 0) is 56.3 Å². The quantitative estimate of drug-likeness (QED) is 0.873. The molecule has 2 N–H and O–H groups in total. The number of carbonyl (C=O) groups is 2. The van der Waals surface area contributed by atoms with E-state index in [-0.39, 0.29) is 17.7 Å². The first-order chi connectivity index (χ1) is 11.7. The SMILES string of the molecule is O=C1Nc2ccccc2C1C1CCN(C(=O)C2CCNCC2)CC1. The van der Waals surface area contributed by atoms with Gasteiger partial charge in [0.25, 0.3) is 0 Å². The van der Waals surface area contributed by atoms with Gasteiger partial charge in [-0.25, -0.2) is 0 Å². The molecule has 0 aromatic heterocycles. The molecular formula is C19H25N3O2. The Morgan fingerprint density at radius 3 is 2.50 bits per heavy atom. The van der Waals surface area contributed by atoms with Crippen molar-refractivity contribution >= 4 is 17.5 Å². The van der Waals surface area contributed by atoms with Crippen molar-refractivity contribution in [3.63, 3.8) is 0 Å². The monoisotopic (exact) mass is 327 g/mol. The largest absolute Gasteiger partial charge is 0.342 e. The molecule has 5 nitrogen and oxygen atoms in total. The second-order valence-electron chi connectivity index (χ2n) is 7.24. The van der Waals surface area contributed by atoms with Crippen molar-refractivity contribution in [3.05, 3.63) is 29.8 Å². The summed E-state index contributed by atoms with van der Waals surface area (Å²) in [6.45, 7) is 3.48. The van der Waals surface area contributed by atoms with Crippen LogP contribution < -0.4 is 10.6 Å². The third kappa shape index (κ3) is 2.81. The molecule has 0 saturated carbocycles. The molecule has 3 aliphatic heterocycles. The number of nitrogens with zero attached hydrogens (tertiary/aromatic N) is 1. The first-order valence-corrected chi connectivity index (χ1v) is 9.13. The molecule has 1 atom stereocenters. The van der Waals surface area contributed by atoms with E-state index in [1.54, 1.807) is 0 Å². The van der Waals surface area contributed by atoms with E-state index in [2.05, 4.69) is 16.7 Å². The molecule has 128 valence electrons. The second-order valence-corrected chi connectivity index (χ2v) is 7.24. The first kappa shape index (κ1) is 15.6. The number of carbonyl (C=O) groups excluding carboxylic acids is 2. The minimum absolute atomic E-state index is 0.0441. The van der Waals surface area contributed by atoms with Crippen molar-refractivity contribution in [1.29, 1.82) is 0 Å². The molecule has 5 heteroatoms. The predicted octanol–water partition coefficient (Wildman–Crippen LogP) is 1.96. The number of likely N-dealkylation sites (tertiary alicyclic amines) is 1. The van der Waals surface area contributed by atoms with Crippen LogP contribution in [0.2, 0.25) is 0 Å². The highest BCUT2D eigenvalue weighted by molar-refractivity contribution is 6.03. The summed E-state index contributed by atoms with van der Waals surface area (Å²) < 4.78 is 0. The van der Waals surface area contributed by atoms with Crippen molar-refractivity contribution in [1.82, 2.24) is 10.2 Å². The third-order valence-corrected chi connectivity index (χ3v) is 5.85. The van der Waals surface area contributed by atoms with Crippen molar-refractivity contribution in [3.8, 4) is 0 Å². The van der Waals surface area contributed by atoms with E-state index in [1.807, 2.05) is 23.1 Å². The minimum Gasteiger partial charge on any atom is -0.342 e. The maximum atomic E-state index is 12.7. The Kier molecular flexibility index (Phi) is 4.27. The van der Waals surface area contributed by atoms with Gasteiger partial charge in [-0.3, -0.25) is 9.59 Å². The molecule has 4 rings (SSSR count). The van der Waals surface area contributed by atoms with Crippen molar-refractivity contribution in [2.75, 3.05) is 31.5 Å². The summed E-state index contributed by atoms with van der Waals surface area (Å²) in [4.78, 5) is 27.1. The fraction of sp³-hybridized carbons (Fsp3) is 0.579. The molecule has 0 radical (unpaired) electrons. The van der Waals surface area contributed by atoms with Gasteiger partial charge in [0.05, 0.1) is 5.92 Å². The molecule has 3 aliphatic rings. The van der Waals surface area contributed by atoms with E-state index in [4.69, 9.17) is 0 Å². The Morgan fingerprint density at radius 1 is 1.04 bits per heavy atom. The third-order valence-electron chi connectivity index (χ3n) is 5.85. The lowest BCUT2D eigenvalue weighted by Gasteiger charge is -2.36. The number of piperidine rings is 2. The normalized spacial score (nSPS) is 25.4. The number of amides is 2. The predicted molar refractivity (Wildman–Crippen MR) is 92.7 cm³/mol. The number of nitrogens with one attached hydrogen (secondary N) is 2. The van der Waals surface area contributed by atoms with Crippen LogP contribution in [0.25, 0.3) is 0 Å². The van der Waals surface area contributed by atoms with Gasteiger partial charge in [-0.2, -0.15) is 0 Å². The summed E-state index contributed by atoms with van der Waals surface area (Å²) in [7, 11) is 0. The summed E-state index contributed by atoms with van der Waals surface area (Å²) in [5.74, 6) is 0.937. The van der Waals surface area contributed by atoms with Crippen LogP contribution >= 0.6 is 0 Å². The van der Waals surface area contributed by atoms with Gasteiger partial charge in [0.2, 0.25) is 11.8 Å². The molecule has 1 aromatic carbocycles. The Balaban J connectivity index is 1.39. The van der Waals surface area contributed by atoms with Crippen LogP contribution in [0.3, 0.4) is 0 Å². The van der Waals surface area contributed by atoms with E-state index in [0.717, 1.165) is 63.1 Å². The van der Waals surface area contributed by atoms with Gasteiger partial charge in [0, 0.05) is 24.7 Å². The van der Waals surface area contributed by atoms with Crippen molar-refractivity contribution in [2.45, 2.75) is 31.6 Å². The van der Waals surface area contributed by atoms with Crippen molar-refractivity contribution < 1.29 is 9.59 Å². The van der Waals surface area contributed by atoms with Gasteiger partial charge >= 0.3 is 0 Å². The standard InChI is InChI=1S/C19H25N3O2/c23-18-17(15-3-1-2-4-16(15)21-18)13-7-11-22(12-8-13)19(24)14-5-9-20-10-6-14/h1-4,13-14,17,20H,5-12H2,(H,21,23). The number of para-hydroxylation sites is 1. The average Bonchev–Trinajstić information content (AvgIpc) is 2.98. The smallest absolute Gasteiger partial charge is 0.232 e. The van der Waals surface area contributed by atoms with Gasteiger partial charge in [0.15, 0.2) is 0 Å². The highest BCUT2D eigenvalue weighted by Gasteiger charge is 2.39. The van der Waals surface area contributed by atoms with Crippen LogP contribution in [0.15, 0.2) is 24.3 Å². The number of hydrogen-bond acceptors (Lipinski definition) is 3. The molecule has 0 aliphatic carbocycles. The molecule has 3 heterocycles. The Bertz CT molecular complexity index is 631. The summed E-state index contributed by atoms with van der Waals surface area (Å²) in [5, 5.41) is 6.32. The number of fused-ring (bicyclic) bond motifs is 1. The van der Waals surface area contributed by atoms with E-state index in [0.29, 0.717) is 11.8 Å². The average molecular weight is 327 g/mol. The molecule has 24 heavy (non-hydrogen) atoms. The zero-order valence-corrected chi connectivity index (χ0v) is 14.0. The molecule has 2 saturated heterocycles. The van der Waals surface area contributed by atoms with Gasteiger partial charge in [-0.15, -0.1) is 0 Å². The van der Waals surface area contributed by atoms with E-state index in [9.17, 15) is 9.59 Å². The van der Waals surface area contributed by atoms with Crippen LogP contribution in [0.4, 0.5) is 5.69 Å². The van der Waals surface area contributed by atoms with Gasteiger partial charge < -0.3 is 15.5 Å². The van der Waals surface area contributed by atoms with E-state index >= 15 is 0 Å². The fourth-order valence-electron chi connectivity index (χ4n) is 4.48. The maximum Gasteiger partial charge on any atom is 0.232 e. The molecule has 1 unspecified atom stereocenters. The van der Waals surface area contributed by atoms with Gasteiger partial charge in [0.1, 0.15) is 0 Å². The molecule has 0 spiro atoms. The zero-order chi connectivity index (χ0) is 16.5. The number of hydrogen-bond donors (Lipinski definition) is 2. The number of benzene rings is 1.